The van der Waals surface area contributed by atoms with Gasteiger partial charge in [0, 0.05) is 19.0 Å². The number of amides is 1. The Morgan fingerprint density at radius 1 is 1.36 bits per heavy atom. The minimum Gasteiger partial charge on any atom is -0.338 e. The molecule has 0 spiro atoms. The van der Waals surface area contributed by atoms with Gasteiger partial charge in [0.05, 0.1) is 0 Å². The fourth-order valence-corrected chi connectivity index (χ4v) is 1.27. The number of rotatable bonds is 3. The Morgan fingerprint density at radius 2 is 1.82 bits per heavy atom. The van der Waals surface area contributed by atoms with E-state index in [9.17, 15) is 4.79 Å². The van der Waals surface area contributed by atoms with Crippen LogP contribution in [-0.4, -0.2) is 22.9 Å². The van der Waals surface area contributed by atoms with Crippen LogP contribution in [0.3, 0.4) is 0 Å². The molecule has 1 amide bonds. The van der Waals surface area contributed by atoms with Gasteiger partial charge in [0.2, 0.25) is 5.91 Å². The second-order valence-corrected chi connectivity index (χ2v) is 3.43. The highest BCUT2D eigenvalue weighted by Crippen LogP contribution is 2.17. The largest absolute Gasteiger partial charge is 0.338 e. The number of nitrogens with zero attached hydrogens (tertiary/aromatic N) is 1. The summed E-state index contributed by atoms with van der Waals surface area (Å²) < 4.78 is 0. The van der Waals surface area contributed by atoms with Gasteiger partial charge in [-0.2, -0.15) is 0 Å². The minimum atomic E-state index is 0.0145. The Morgan fingerprint density at radius 3 is 1.91 bits per heavy atom. The molecular formula is C9H19NO. The molecule has 0 aromatic carbocycles. The first-order chi connectivity index (χ1) is 4.95. The third-order valence-electron chi connectivity index (χ3n) is 2.29. The highest BCUT2D eigenvalue weighted by atomic mass is 16.2. The Labute approximate surface area is 69.6 Å². The lowest BCUT2D eigenvalue weighted by Crippen LogP contribution is -2.46. The smallest absolute Gasteiger partial charge is 0.219 e. The van der Waals surface area contributed by atoms with Crippen molar-refractivity contribution < 1.29 is 4.79 Å². The average Bonchev–Trinajstić information content (AvgIpc) is 1.88. The second kappa shape index (κ2) is 3.74. The number of hydrogen-bond donors (Lipinski definition) is 0. The van der Waals surface area contributed by atoms with Crippen LogP contribution in [0.25, 0.3) is 0 Å². The summed E-state index contributed by atoms with van der Waals surface area (Å²) in [5.74, 6) is 0.166. The van der Waals surface area contributed by atoms with E-state index in [4.69, 9.17) is 0 Å². The number of hydrogen-bond acceptors (Lipinski definition) is 1. The lowest BCUT2D eigenvalue weighted by Gasteiger charge is -2.36. The minimum absolute atomic E-state index is 0.0145. The van der Waals surface area contributed by atoms with Gasteiger partial charge in [0.1, 0.15) is 0 Å². The maximum atomic E-state index is 11.1. The molecular weight excluding hydrogens is 138 g/mol. The third-order valence-corrected chi connectivity index (χ3v) is 2.29. The van der Waals surface area contributed by atoms with Gasteiger partial charge in [0.25, 0.3) is 0 Å². The summed E-state index contributed by atoms with van der Waals surface area (Å²) in [6, 6.07) is 0. The van der Waals surface area contributed by atoms with Crippen LogP contribution in [0, 0.1) is 0 Å². The van der Waals surface area contributed by atoms with Crippen LogP contribution in [0.1, 0.15) is 41.0 Å². The fraction of sp³-hybridized carbons (Fsp3) is 0.889. The summed E-state index contributed by atoms with van der Waals surface area (Å²) in [5, 5.41) is 0. The fourth-order valence-electron chi connectivity index (χ4n) is 1.27. The lowest BCUT2D eigenvalue weighted by atomic mass is 9.99. The van der Waals surface area contributed by atoms with E-state index >= 15 is 0 Å². The molecule has 0 aromatic heterocycles. The topological polar surface area (TPSA) is 20.3 Å². The van der Waals surface area contributed by atoms with Gasteiger partial charge >= 0.3 is 0 Å². The highest BCUT2D eigenvalue weighted by molar-refractivity contribution is 5.74. The van der Waals surface area contributed by atoms with Crippen LogP contribution in [0.2, 0.25) is 0 Å². The molecule has 0 fully saturated rings. The first kappa shape index (κ1) is 10.5. The molecule has 0 aliphatic carbocycles. The van der Waals surface area contributed by atoms with Gasteiger partial charge in [-0.3, -0.25) is 4.79 Å². The van der Waals surface area contributed by atoms with Crippen LogP contribution in [0.15, 0.2) is 0 Å². The normalized spacial score (nSPS) is 11.4. The second-order valence-electron chi connectivity index (χ2n) is 3.43. The van der Waals surface area contributed by atoms with Crippen LogP contribution in [-0.2, 0) is 4.79 Å². The van der Waals surface area contributed by atoms with Crippen molar-refractivity contribution in [1.29, 1.82) is 0 Å². The molecule has 2 heteroatoms. The zero-order chi connectivity index (χ0) is 9.07. The summed E-state index contributed by atoms with van der Waals surface area (Å²) in [6.45, 7) is 10.7. The van der Waals surface area contributed by atoms with Crippen molar-refractivity contribution in [2.24, 2.45) is 0 Å². The first-order valence-electron chi connectivity index (χ1n) is 4.24. The molecule has 11 heavy (non-hydrogen) atoms. The molecule has 0 aliphatic heterocycles. The molecule has 0 radical (unpaired) electrons. The molecule has 0 bridgehead atoms. The van der Waals surface area contributed by atoms with Gasteiger partial charge in [-0.05, 0) is 27.2 Å². The maximum Gasteiger partial charge on any atom is 0.219 e. The van der Waals surface area contributed by atoms with Gasteiger partial charge in [-0.15, -0.1) is 0 Å². The van der Waals surface area contributed by atoms with E-state index in [1.54, 1.807) is 6.92 Å². The maximum absolute atomic E-state index is 11.1. The van der Waals surface area contributed by atoms with Crippen molar-refractivity contribution in [2.45, 2.75) is 46.6 Å². The highest BCUT2D eigenvalue weighted by Gasteiger charge is 2.24. The standard InChI is InChI=1S/C9H19NO/c1-6-9(4,5)10(7-2)8(3)11/h6-7H2,1-5H3. The Hall–Kier alpha value is -0.530. The van der Waals surface area contributed by atoms with Crippen LogP contribution < -0.4 is 0 Å². The van der Waals surface area contributed by atoms with Crippen molar-refractivity contribution in [2.75, 3.05) is 6.54 Å². The van der Waals surface area contributed by atoms with Crippen molar-refractivity contribution in [1.82, 2.24) is 4.90 Å². The van der Waals surface area contributed by atoms with E-state index in [0.717, 1.165) is 13.0 Å². The molecule has 2 nitrogen and oxygen atoms in total. The predicted octanol–water partition coefficient (Wildman–Crippen LogP) is 2.04. The molecule has 0 unspecified atom stereocenters. The molecule has 0 aromatic rings. The Balaban J connectivity index is 4.36. The number of carbonyl (C=O) groups excluding carboxylic acids is 1. The van der Waals surface area contributed by atoms with E-state index in [2.05, 4.69) is 20.8 Å². The summed E-state index contributed by atoms with van der Waals surface area (Å²) in [5.41, 5.74) is 0.0145. The molecule has 0 atom stereocenters. The van der Waals surface area contributed by atoms with E-state index in [-0.39, 0.29) is 11.4 Å². The quantitative estimate of drug-likeness (QED) is 0.614. The van der Waals surface area contributed by atoms with Crippen molar-refractivity contribution >= 4 is 5.91 Å². The monoisotopic (exact) mass is 157 g/mol. The molecule has 0 heterocycles. The molecule has 0 rings (SSSR count). The summed E-state index contributed by atoms with van der Waals surface area (Å²) >= 11 is 0. The van der Waals surface area contributed by atoms with Gasteiger partial charge in [-0.1, -0.05) is 6.92 Å². The molecule has 0 N–H and O–H groups in total. The summed E-state index contributed by atoms with van der Waals surface area (Å²) in [4.78, 5) is 13.0. The zero-order valence-electron chi connectivity index (χ0n) is 8.27. The van der Waals surface area contributed by atoms with Crippen LogP contribution >= 0.6 is 0 Å². The third kappa shape index (κ3) is 2.52. The Bertz CT molecular complexity index is 140. The first-order valence-corrected chi connectivity index (χ1v) is 4.24. The van der Waals surface area contributed by atoms with E-state index in [1.165, 1.54) is 0 Å². The van der Waals surface area contributed by atoms with Crippen molar-refractivity contribution in [3.63, 3.8) is 0 Å². The average molecular weight is 157 g/mol. The van der Waals surface area contributed by atoms with Crippen molar-refractivity contribution in [3.05, 3.63) is 0 Å². The van der Waals surface area contributed by atoms with Gasteiger partial charge in [0.15, 0.2) is 0 Å². The van der Waals surface area contributed by atoms with E-state index < -0.39 is 0 Å². The predicted molar refractivity (Wildman–Crippen MR) is 47.4 cm³/mol. The Kier molecular flexibility index (Phi) is 3.56. The SMILES string of the molecule is CCN(C(C)=O)C(C)(C)CC. The summed E-state index contributed by atoms with van der Waals surface area (Å²) in [7, 11) is 0. The van der Waals surface area contributed by atoms with Gasteiger partial charge in [-0.25, -0.2) is 0 Å². The van der Waals surface area contributed by atoms with Gasteiger partial charge < -0.3 is 4.90 Å². The number of carbonyl (C=O) groups is 1. The molecule has 0 aliphatic rings. The summed E-state index contributed by atoms with van der Waals surface area (Å²) in [6.07, 6.45) is 1.00. The molecule has 66 valence electrons. The van der Waals surface area contributed by atoms with Crippen LogP contribution in [0.5, 0.6) is 0 Å². The zero-order valence-corrected chi connectivity index (χ0v) is 8.27. The van der Waals surface area contributed by atoms with Crippen molar-refractivity contribution in [3.8, 4) is 0 Å². The molecule has 0 saturated carbocycles. The van der Waals surface area contributed by atoms with E-state index in [1.807, 2.05) is 11.8 Å². The lowest BCUT2D eigenvalue weighted by molar-refractivity contribution is -0.133. The van der Waals surface area contributed by atoms with Crippen LogP contribution in [0.4, 0.5) is 0 Å². The molecule has 0 saturated heterocycles. The van der Waals surface area contributed by atoms with E-state index in [0.29, 0.717) is 0 Å².